The molecule has 92 valence electrons. The summed E-state index contributed by atoms with van der Waals surface area (Å²) in [6, 6.07) is 3.33. The van der Waals surface area contributed by atoms with Gasteiger partial charge < -0.3 is 10.0 Å². The van der Waals surface area contributed by atoms with Crippen molar-refractivity contribution in [3.63, 3.8) is 0 Å². The quantitative estimate of drug-likeness (QED) is 0.842. The van der Waals surface area contributed by atoms with E-state index in [2.05, 4.69) is 20.9 Å². The number of amides is 1. The first-order valence-electron chi connectivity index (χ1n) is 5.17. The lowest BCUT2D eigenvalue weighted by Gasteiger charge is -2.19. The number of halogens is 1. The predicted molar refractivity (Wildman–Crippen MR) is 65.8 cm³/mol. The van der Waals surface area contributed by atoms with Crippen molar-refractivity contribution < 1.29 is 14.7 Å². The molecule has 1 rings (SSSR count). The van der Waals surface area contributed by atoms with E-state index in [0.717, 1.165) is 0 Å². The summed E-state index contributed by atoms with van der Waals surface area (Å²) in [5, 5.41) is 8.59. The molecule has 0 unspecified atom stereocenters. The van der Waals surface area contributed by atoms with Gasteiger partial charge in [0, 0.05) is 19.3 Å². The van der Waals surface area contributed by atoms with Crippen molar-refractivity contribution in [3.05, 3.63) is 28.5 Å². The molecular formula is C11H13BrN2O3. The summed E-state index contributed by atoms with van der Waals surface area (Å²) in [5.74, 6) is -1.11. The van der Waals surface area contributed by atoms with Gasteiger partial charge in [0.25, 0.3) is 5.91 Å². The standard InChI is InChI=1S/C11H13BrN2O3/c1-2-14(6-5-10(15)16)11(17)8-3-4-9(12)13-7-8/h3-4,7H,2,5-6H2,1H3,(H,15,16). The Morgan fingerprint density at radius 2 is 2.18 bits per heavy atom. The zero-order valence-corrected chi connectivity index (χ0v) is 11.0. The minimum atomic E-state index is -0.912. The van der Waals surface area contributed by atoms with Crippen LogP contribution in [0.3, 0.4) is 0 Å². The number of hydrogen-bond acceptors (Lipinski definition) is 3. The third-order valence-electron chi connectivity index (χ3n) is 2.24. The maximum Gasteiger partial charge on any atom is 0.305 e. The maximum atomic E-state index is 12.0. The molecule has 1 heterocycles. The molecule has 0 atom stereocenters. The Balaban J connectivity index is 2.71. The highest BCUT2D eigenvalue weighted by Crippen LogP contribution is 2.09. The van der Waals surface area contributed by atoms with E-state index in [0.29, 0.717) is 16.7 Å². The highest BCUT2D eigenvalue weighted by atomic mass is 79.9. The molecule has 0 radical (unpaired) electrons. The molecule has 6 heteroatoms. The molecule has 0 saturated heterocycles. The average molecular weight is 301 g/mol. The van der Waals surface area contributed by atoms with Gasteiger partial charge in [0.15, 0.2) is 0 Å². The van der Waals surface area contributed by atoms with Gasteiger partial charge in [0.1, 0.15) is 4.60 Å². The number of rotatable bonds is 5. The first-order chi connectivity index (χ1) is 8.04. The van der Waals surface area contributed by atoms with Crippen LogP contribution in [0.4, 0.5) is 0 Å². The average Bonchev–Trinajstić information content (AvgIpc) is 2.30. The van der Waals surface area contributed by atoms with Gasteiger partial charge in [-0.05, 0) is 35.0 Å². The summed E-state index contributed by atoms with van der Waals surface area (Å²) in [6.07, 6.45) is 1.42. The first-order valence-corrected chi connectivity index (χ1v) is 5.96. The number of nitrogens with zero attached hydrogens (tertiary/aromatic N) is 2. The molecule has 1 N–H and O–H groups in total. The second-order valence-electron chi connectivity index (χ2n) is 3.40. The topological polar surface area (TPSA) is 70.5 Å². The van der Waals surface area contributed by atoms with Gasteiger partial charge >= 0.3 is 5.97 Å². The molecular weight excluding hydrogens is 288 g/mol. The van der Waals surface area contributed by atoms with E-state index in [1.807, 2.05) is 6.92 Å². The Morgan fingerprint density at radius 3 is 2.65 bits per heavy atom. The van der Waals surface area contributed by atoms with Crippen LogP contribution in [0.5, 0.6) is 0 Å². The maximum absolute atomic E-state index is 12.0. The molecule has 1 aromatic heterocycles. The van der Waals surface area contributed by atoms with E-state index in [-0.39, 0.29) is 18.9 Å². The second kappa shape index (κ2) is 6.34. The molecule has 5 nitrogen and oxygen atoms in total. The van der Waals surface area contributed by atoms with Gasteiger partial charge in [-0.15, -0.1) is 0 Å². The van der Waals surface area contributed by atoms with Crippen LogP contribution in [0.25, 0.3) is 0 Å². The van der Waals surface area contributed by atoms with Crippen molar-refractivity contribution in [2.75, 3.05) is 13.1 Å². The fourth-order valence-corrected chi connectivity index (χ4v) is 1.55. The minimum absolute atomic E-state index is 0.0520. The number of carbonyl (C=O) groups is 2. The van der Waals surface area contributed by atoms with Gasteiger partial charge in [-0.1, -0.05) is 0 Å². The number of carboxylic acids is 1. The van der Waals surface area contributed by atoms with E-state index in [4.69, 9.17) is 5.11 Å². The number of aliphatic carboxylic acids is 1. The van der Waals surface area contributed by atoms with Crippen LogP contribution in [0, 0.1) is 0 Å². The second-order valence-corrected chi connectivity index (χ2v) is 4.21. The SMILES string of the molecule is CCN(CCC(=O)O)C(=O)c1ccc(Br)nc1. The number of hydrogen-bond donors (Lipinski definition) is 1. The molecule has 0 aliphatic carbocycles. The number of carboxylic acid groups (broad SMARTS) is 1. The van der Waals surface area contributed by atoms with Crippen molar-refractivity contribution in [1.29, 1.82) is 0 Å². The summed E-state index contributed by atoms with van der Waals surface area (Å²) in [5.41, 5.74) is 0.459. The van der Waals surface area contributed by atoms with E-state index in [9.17, 15) is 9.59 Å². The van der Waals surface area contributed by atoms with Gasteiger partial charge in [-0.25, -0.2) is 4.98 Å². The van der Waals surface area contributed by atoms with Gasteiger partial charge in [-0.2, -0.15) is 0 Å². The summed E-state index contributed by atoms with van der Waals surface area (Å²) >= 11 is 3.18. The molecule has 1 amide bonds. The molecule has 0 bridgehead atoms. The van der Waals surface area contributed by atoms with Crippen LogP contribution < -0.4 is 0 Å². The van der Waals surface area contributed by atoms with Crippen LogP contribution in [0.2, 0.25) is 0 Å². The zero-order valence-electron chi connectivity index (χ0n) is 9.39. The van der Waals surface area contributed by atoms with Crippen molar-refractivity contribution in [2.24, 2.45) is 0 Å². The van der Waals surface area contributed by atoms with E-state index < -0.39 is 5.97 Å². The lowest BCUT2D eigenvalue weighted by molar-refractivity contribution is -0.137. The molecule has 0 fully saturated rings. The molecule has 0 aliphatic heterocycles. The van der Waals surface area contributed by atoms with Crippen LogP contribution >= 0.6 is 15.9 Å². The van der Waals surface area contributed by atoms with Crippen LogP contribution in [0.15, 0.2) is 22.9 Å². The Labute approximate surface area is 108 Å². The third-order valence-corrected chi connectivity index (χ3v) is 2.71. The van der Waals surface area contributed by atoms with Crippen molar-refractivity contribution in [2.45, 2.75) is 13.3 Å². The molecule has 0 aromatic carbocycles. The predicted octanol–water partition coefficient (Wildman–Crippen LogP) is 1.78. The number of aromatic nitrogens is 1. The minimum Gasteiger partial charge on any atom is -0.481 e. The van der Waals surface area contributed by atoms with Crippen LogP contribution in [0.1, 0.15) is 23.7 Å². The summed E-state index contributed by atoms with van der Waals surface area (Å²) in [4.78, 5) is 27.9. The largest absolute Gasteiger partial charge is 0.481 e. The van der Waals surface area contributed by atoms with Crippen molar-refractivity contribution >= 4 is 27.8 Å². The molecule has 0 aliphatic rings. The Hall–Kier alpha value is -1.43. The van der Waals surface area contributed by atoms with E-state index >= 15 is 0 Å². The molecule has 17 heavy (non-hydrogen) atoms. The number of carbonyl (C=O) groups excluding carboxylic acids is 1. The summed E-state index contributed by atoms with van der Waals surface area (Å²) < 4.78 is 0.655. The highest BCUT2D eigenvalue weighted by molar-refractivity contribution is 9.10. The molecule has 1 aromatic rings. The third kappa shape index (κ3) is 4.14. The summed E-state index contributed by atoms with van der Waals surface area (Å²) in [7, 11) is 0. The van der Waals surface area contributed by atoms with E-state index in [1.54, 1.807) is 12.1 Å². The summed E-state index contributed by atoms with van der Waals surface area (Å²) in [6.45, 7) is 2.49. The zero-order chi connectivity index (χ0) is 12.8. The monoisotopic (exact) mass is 300 g/mol. The smallest absolute Gasteiger partial charge is 0.305 e. The first kappa shape index (κ1) is 13.6. The number of pyridine rings is 1. The van der Waals surface area contributed by atoms with Crippen molar-refractivity contribution in [3.8, 4) is 0 Å². The van der Waals surface area contributed by atoms with Crippen LogP contribution in [-0.2, 0) is 4.79 Å². The fraction of sp³-hybridized carbons (Fsp3) is 0.364. The Kier molecular flexibility index (Phi) is 5.09. The normalized spacial score (nSPS) is 10.0. The van der Waals surface area contributed by atoms with E-state index in [1.165, 1.54) is 11.1 Å². The Bertz CT molecular complexity index is 406. The van der Waals surface area contributed by atoms with Gasteiger partial charge in [0.2, 0.25) is 0 Å². The lowest BCUT2D eigenvalue weighted by Crippen LogP contribution is -2.32. The lowest BCUT2D eigenvalue weighted by atomic mass is 10.2. The molecule has 0 spiro atoms. The van der Waals surface area contributed by atoms with Gasteiger partial charge in [-0.3, -0.25) is 9.59 Å². The Morgan fingerprint density at radius 1 is 1.47 bits per heavy atom. The molecule has 0 saturated carbocycles. The highest BCUT2D eigenvalue weighted by Gasteiger charge is 2.15. The van der Waals surface area contributed by atoms with Crippen molar-refractivity contribution in [1.82, 2.24) is 9.88 Å². The van der Waals surface area contributed by atoms with Gasteiger partial charge in [0.05, 0.1) is 12.0 Å². The van der Waals surface area contributed by atoms with Crippen LogP contribution in [-0.4, -0.2) is 40.0 Å². The fourth-order valence-electron chi connectivity index (χ4n) is 1.32.